The second-order valence-electron chi connectivity index (χ2n) is 5.20. The monoisotopic (exact) mass is 294 g/mol. The molecule has 1 aromatic rings. The van der Waals surface area contributed by atoms with Gasteiger partial charge in [-0.15, -0.1) is 0 Å². The highest BCUT2D eigenvalue weighted by Gasteiger charge is 2.25. The van der Waals surface area contributed by atoms with Crippen LogP contribution in [0.4, 0.5) is 4.39 Å². The molecule has 114 valence electrons. The van der Waals surface area contributed by atoms with Gasteiger partial charge in [0.25, 0.3) is 5.91 Å². The number of carboxylic acids is 1. The Morgan fingerprint density at radius 1 is 1.14 bits per heavy atom. The largest absolute Gasteiger partial charge is 0.480 e. The van der Waals surface area contributed by atoms with E-state index < -0.39 is 12.0 Å². The number of amides is 1. The third-order valence-electron chi connectivity index (χ3n) is 3.81. The molecule has 2 rings (SSSR count). The van der Waals surface area contributed by atoms with E-state index in [0.29, 0.717) is 31.7 Å². The molecule has 0 aromatic heterocycles. The fourth-order valence-electron chi connectivity index (χ4n) is 2.46. The highest BCUT2D eigenvalue weighted by Crippen LogP contribution is 2.12. The normalized spacial score (nSPS) is 18.1. The van der Waals surface area contributed by atoms with Crippen molar-refractivity contribution in [2.45, 2.75) is 19.4 Å². The minimum Gasteiger partial charge on any atom is -0.480 e. The standard InChI is InChI=1S/C15H19FN2O3/c1-11(15(20)21)17-7-2-8-18(10-9-17)14(19)12-3-5-13(16)6-4-12/h3-6,11H,2,7-10H2,1H3,(H,20,21)/t11-/m1/s1. The van der Waals surface area contributed by atoms with Crippen molar-refractivity contribution < 1.29 is 19.1 Å². The van der Waals surface area contributed by atoms with Gasteiger partial charge in [-0.25, -0.2) is 4.39 Å². The lowest BCUT2D eigenvalue weighted by Crippen LogP contribution is -2.42. The molecule has 0 radical (unpaired) electrons. The summed E-state index contributed by atoms with van der Waals surface area (Å²) in [5.74, 6) is -1.36. The van der Waals surface area contributed by atoms with Gasteiger partial charge < -0.3 is 10.0 Å². The van der Waals surface area contributed by atoms with E-state index in [1.54, 1.807) is 11.8 Å². The first-order valence-corrected chi connectivity index (χ1v) is 7.00. The molecule has 6 heteroatoms. The Hall–Kier alpha value is -1.95. The Morgan fingerprint density at radius 2 is 1.81 bits per heavy atom. The van der Waals surface area contributed by atoms with Gasteiger partial charge in [-0.2, -0.15) is 0 Å². The van der Waals surface area contributed by atoms with Gasteiger partial charge in [0.15, 0.2) is 0 Å². The van der Waals surface area contributed by atoms with Gasteiger partial charge in [0, 0.05) is 31.7 Å². The minimum atomic E-state index is -0.853. The van der Waals surface area contributed by atoms with Crippen molar-refractivity contribution in [1.29, 1.82) is 0 Å². The predicted octanol–water partition coefficient (Wildman–Crippen LogP) is 1.45. The number of hydrogen-bond acceptors (Lipinski definition) is 3. The molecule has 1 aliphatic heterocycles. The van der Waals surface area contributed by atoms with Gasteiger partial charge >= 0.3 is 5.97 Å². The molecule has 1 aromatic carbocycles. The number of rotatable bonds is 3. The lowest BCUT2D eigenvalue weighted by atomic mass is 10.2. The summed E-state index contributed by atoms with van der Waals surface area (Å²) in [6, 6.07) is 4.93. The number of hydrogen-bond donors (Lipinski definition) is 1. The molecular weight excluding hydrogens is 275 g/mol. The quantitative estimate of drug-likeness (QED) is 0.916. The first-order chi connectivity index (χ1) is 9.99. The van der Waals surface area contributed by atoms with Gasteiger partial charge in [0.05, 0.1) is 0 Å². The van der Waals surface area contributed by atoms with Crippen LogP contribution in [0.2, 0.25) is 0 Å². The summed E-state index contributed by atoms with van der Waals surface area (Å²) >= 11 is 0. The Balaban J connectivity index is 2.01. The van der Waals surface area contributed by atoms with Crippen LogP contribution >= 0.6 is 0 Å². The fraction of sp³-hybridized carbons (Fsp3) is 0.467. The summed E-state index contributed by atoms with van der Waals surface area (Å²) in [5, 5.41) is 9.05. The molecular formula is C15H19FN2O3. The SMILES string of the molecule is C[C@H](C(=O)O)N1CCCN(C(=O)c2ccc(F)cc2)CC1. The molecule has 5 nitrogen and oxygen atoms in total. The van der Waals surface area contributed by atoms with Crippen molar-refractivity contribution in [2.24, 2.45) is 0 Å². The maximum atomic E-state index is 12.9. The summed E-state index contributed by atoms with van der Waals surface area (Å²) < 4.78 is 12.9. The van der Waals surface area contributed by atoms with Gasteiger partial charge in [-0.05, 0) is 37.6 Å². The van der Waals surface area contributed by atoms with Crippen LogP contribution in [0.1, 0.15) is 23.7 Å². The van der Waals surface area contributed by atoms with Crippen LogP contribution in [0.5, 0.6) is 0 Å². The smallest absolute Gasteiger partial charge is 0.320 e. The van der Waals surface area contributed by atoms with Crippen molar-refractivity contribution in [1.82, 2.24) is 9.80 Å². The Bertz CT molecular complexity index is 518. The first kappa shape index (κ1) is 15.4. The lowest BCUT2D eigenvalue weighted by Gasteiger charge is -2.24. The van der Waals surface area contributed by atoms with Crippen LogP contribution in [0, 0.1) is 5.82 Å². The Labute approximate surface area is 123 Å². The molecule has 0 bridgehead atoms. The van der Waals surface area contributed by atoms with Gasteiger partial charge in [-0.3, -0.25) is 14.5 Å². The summed E-state index contributed by atoms with van der Waals surface area (Å²) in [5.41, 5.74) is 0.455. The number of aliphatic carboxylic acids is 1. The Kier molecular flexibility index (Phi) is 4.90. The molecule has 0 aliphatic carbocycles. The second-order valence-corrected chi connectivity index (χ2v) is 5.20. The van der Waals surface area contributed by atoms with Crippen LogP contribution in [0.15, 0.2) is 24.3 Å². The summed E-state index contributed by atoms with van der Waals surface area (Å²) in [4.78, 5) is 26.9. The fourth-order valence-corrected chi connectivity index (χ4v) is 2.46. The number of carboxylic acid groups (broad SMARTS) is 1. The van der Waals surface area contributed by atoms with Crippen molar-refractivity contribution in [2.75, 3.05) is 26.2 Å². The minimum absolute atomic E-state index is 0.139. The van der Waals surface area contributed by atoms with E-state index in [1.807, 2.05) is 4.90 Å². The topological polar surface area (TPSA) is 60.9 Å². The highest BCUT2D eigenvalue weighted by atomic mass is 19.1. The third kappa shape index (κ3) is 3.78. The van der Waals surface area contributed by atoms with Crippen molar-refractivity contribution >= 4 is 11.9 Å². The second kappa shape index (κ2) is 6.67. The zero-order chi connectivity index (χ0) is 15.4. The van der Waals surface area contributed by atoms with Crippen molar-refractivity contribution in [3.05, 3.63) is 35.6 Å². The number of carbonyl (C=O) groups is 2. The molecule has 1 aliphatic rings. The number of benzene rings is 1. The van der Waals surface area contributed by atoms with Crippen molar-refractivity contribution in [3.8, 4) is 0 Å². The molecule has 1 atom stereocenters. The molecule has 0 spiro atoms. The zero-order valence-corrected chi connectivity index (χ0v) is 12.0. The summed E-state index contributed by atoms with van der Waals surface area (Å²) in [6.45, 7) is 3.90. The maximum Gasteiger partial charge on any atom is 0.320 e. The molecule has 0 saturated carbocycles. The average Bonchev–Trinajstić information content (AvgIpc) is 2.72. The summed E-state index contributed by atoms with van der Waals surface area (Å²) in [6.07, 6.45) is 0.727. The van der Waals surface area contributed by atoms with Crippen molar-refractivity contribution in [3.63, 3.8) is 0 Å². The molecule has 1 fully saturated rings. The van der Waals surface area contributed by atoms with Gasteiger partial charge in [-0.1, -0.05) is 0 Å². The maximum absolute atomic E-state index is 12.9. The van der Waals surface area contributed by atoms with Crippen LogP contribution in [-0.4, -0.2) is 59.0 Å². The zero-order valence-electron chi connectivity index (χ0n) is 12.0. The molecule has 1 saturated heterocycles. The number of nitrogens with zero attached hydrogens (tertiary/aromatic N) is 2. The molecule has 1 heterocycles. The first-order valence-electron chi connectivity index (χ1n) is 7.00. The third-order valence-corrected chi connectivity index (χ3v) is 3.81. The molecule has 1 amide bonds. The van der Waals surface area contributed by atoms with E-state index >= 15 is 0 Å². The van der Waals surface area contributed by atoms with E-state index in [4.69, 9.17) is 5.11 Å². The molecule has 1 N–H and O–H groups in total. The highest BCUT2D eigenvalue weighted by molar-refractivity contribution is 5.94. The average molecular weight is 294 g/mol. The number of carbonyl (C=O) groups excluding carboxylic acids is 1. The number of halogens is 1. The van der Waals surface area contributed by atoms with Gasteiger partial charge in [0.2, 0.25) is 0 Å². The van der Waals surface area contributed by atoms with E-state index in [9.17, 15) is 14.0 Å². The summed E-state index contributed by atoms with van der Waals surface area (Å²) in [7, 11) is 0. The van der Waals surface area contributed by atoms with E-state index in [-0.39, 0.29) is 11.7 Å². The van der Waals surface area contributed by atoms with Crippen LogP contribution in [0.3, 0.4) is 0 Å². The van der Waals surface area contributed by atoms with E-state index in [0.717, 1.165) is 6.42 Å². The van der Waals surface area contributed by atoms with Crippen LogP contribution in [-0.2, 0) is 4.79 Å². The molecule has 0 unspecified atom stereocenters. The van der Waals surface area contributed by atoms with E-state index in [2.05, 4.69) is 0 Å². The Morgan fingerprint density at radius 3 is 2.43 bits per heavy atom. The van der Waals surface area contributed by atoms with Crippen LogP contribution < -0.4 is 0 Å². The van der Waals surface area contributed by atoms with Crippen LogP contribution in [0.25, 0.3) is 0 Å². The van der Waals surface area contributed by atoms with E-state index in [1.165, 1.54) is 24.3 Å². The van der Waals surface area contributed by atoms with Gasteiger partial charge in [0.1, 0.15) is 11.9 Å². The lowest BCUT2D eigenvalue weighted by molar-refractivity contribution is -0.142. The molecule has 21 heavy (non-hydrogen) atoms. The predicted molar refractivity (Wildman–Crippen MR) is 75.6 cm³/mol.